The van der Waals surface area contributed by atoms with Gasteiger partial charge < -0.3 is 28.8 Å². The monoisotopic (exact) mass is 474 g/mol. The van der Waals surface area contributed by atoms with E-state index in [0.29, 0.717) is 6.61 Å². The zero-order valence-electron chi connectivity index (χ0n) is 20.4. The quantitative estimate of drug-likeness (QED) is 0.501. The normalized spacial score (nSPS) is 26.0. The third-order valence-corrected chi connectivity index (χ3v) is 11.2. The Kier molecular flexibility index (Phi) is 8.50. The topological polar surface area (TPSA) is 77.4 Å². The van der Waals surface area contributed by atoms with Crippen LogP contribution in [-0.2, 0) is 31.9 Å². The first kappa shape index (κ1) is 26.0. The fourth-order valence-electron chi connectivity index (χ4n) is 3.56. The van der Waals surface area contributed by atoms with E-state index in [1.54, 1.807) is 0 Å². The molecule has 0 unspecified atom stereocenters. The van der Waals surface area contributed by atoms with Gasteiger partial charge in [-0.3, -0.25) is 0 Å². The zero-order valence-corrected chi connectivity index (χ0v) is 21.4. The fourth-order valence-corrected chi connectivity index (χ4v) is 4.57. The molecule has 0 bridgehead atoms. The molecule has 182 valence electrons. The van der Waals surface area contributed by atoms with Gasteiger partial charge >= 0.3 is 0 Å². The van der Waals surface area contributed by atoms with Gasteiger partial charge in [0.05, 0.1) is 26.4 Å². The van der Waals surface area contributed by atoms with Crippen LogP contribution in [0.1, 0.15) is 31.9 Å². The second-order valence-electron chi connectivity index (χ2n) is 10.2. The number of rotatable bonds is 10. The summed E-state index contributed by atoms with van der Waals surface area (Å²) in [7, 11) is -2.06. The third kappa shape index (κ3) is 6.51. The van der Waals surface area contributed by atoms with Crippen LogP contribution in [0.25, 0.3) is 0 Å². The summed E-state index contributed by atoms with van der Waals surface area (Å²) in [6.07, 6.45) is -2.07. The Hall–Kier alpha value is -1.58. The number of aliphatic hydroxyl groups is 2. The number of aliphatic hydroxyl groups excluding tert-OH is 1. The van der Waals surface area contributed by atoms with E-state index < -0.39 is 39.0 Å². The number of hydrogen-bond acceptors (Lipinski definition) is 6. The van der Waals surface area contributed by atoms with Crippen LogP contribution in [0, 0.1) is 0 Å². The molecule has 0 spiro atoms. The van der Waals surface area contributed by atoms with Crippen LogP contribution in [0.15, 0.2) is 60.7 Å². The van der Waals surface area contributed by atoms with E-state index in [2.05, 4.69) is 33.9 Å². The van der Waals surface area contributed by atoms with Gasteiger partial charge in [-0.05, 0) is 29.3 Å². The molecule has 1 heterocycles. The summed E-state index contributed by atoms with van der Waals surface area (Å²) in [4.78, 5) is 0. The molecule has 2 aromatic rings. The van der Waals surface area contributed by atoms with Crippen molar-refractivity contribution in [1.29, 1.82) is 0 Å². The minimum absolute atomic E-state index is 0.0302. The molecule has 33 heavy (non-hydrogen) atoms. The van der Waals surface area contributed by atoms with Crippen molar-refractivity contribution in [2.24, 2.45) is 0 Å². The number of benzene rings is 2. The fraction of sp³-hybridized carbons (Fsp3) is 0.538. The summed E-state index contributed by atoms with van der Waals surface area (Å²) in [5.74, 6) is -1.88. The Morgan fingerprint density at radius 1 is 0.909 bits per heavy atom. The molecule has 7 heteroatoms. The highest BCUT2D eigenvalue weighted by Crippen LogP contribution is 2.39. The molecule has 2 aromatic carbocycles. The number of hydrogen-bond donors (Lipinski definition) is 2. The predicted molar refractivity (Wildman–Crippen MR) is 130 cm³/mol. The third-order valence-electron chi connectivity index (χ3n) is 6.66. The van der Waals surface area contributed by atoms with Gasteiger partial charge in [-0.1, -0.05) is 81.4 Å². The highest BCUT2D eigenvalue weighted by Gasteiger charge is 2.56. The summed E-state index contributed by atoms with van der Waals surface area (Å²) < 4.78 is 24.7. The maximum absolute atomic E-state index is 11.1. The summed E-state index contributed by atoms with van der Waals surface area (Å²) >= 11 is 0. The Labute approximate surface area is 198 Å². The smallest absolute Gasteiger partial charge is 0.219 e. The van der Waals surface area contributed by atoms with Gasteiger partial charge in [0, 0.05) is 0 Å². The van der Waals surface area contributed by atoms with Crippen molar-refractivity contribution < 1.29 is 28.8 Å². The lowest BCUT2D eigenvalue weighted by Crippen LogP contribution is -2.48. The Bertz CT molecular complexity index is 854. The van der Waals surface area contributed by atoms with Gasteiger partial charge in [-0.15, -0.1) is 0 Å². The molecular formula is C26H38O6Si. The van der Waals surface area contributed by atoms with Gasteiger partial charge in [0.1, 0.15) is 18.3 Å². The Morgan fingerprint density at radius 3 is 1.91 bits per heavy atom. The largest absolute Gasteiger partial charge is 0.414 e. The summed E-state index contributed by atoms with van der Waals surface area (Å²) in [5.41, 5.74) is 1.96. The van der Waals surface area contributed by atoms with E-state index in [9.17, 15) is 10.2 Å². The van der Waals surface area contributed by atoms with Gasteiger partial charge in [-0.2, -0.15) is 0 Å². The molecule has 0 aromatic heterocycles. The maximum Gasteiger partial charge on any atom is 0.219 e. The van der Waals surface area contributed by atoms with Crippen LogP contribution in [0.3, 0.4) is 0 Å². The van der Waals surface area contributed by atoms with Crippen molar-refractivity contribution in [3.63, 3.8) is 0 Å². The lowest BCUT2D eigenvalue weighted by Gasteiger charge is -2.37. The highest BCUT2D eigenvalue weighted by atomic mass is 28.4. The molecule has 3 rings (SSSR count). The van der Waals surface area contributed by atoms with Crippen molar-refractivity contribution >= 4 is 8.32 Å². The SMILES string of the molecule is CC(C)(C)[Si](C)(C)OC[C@H]1O[C@@](O)(CO)[C@@H](OCc2ccccc2)[C@@H]1OCc1ccccc1. The highest BCUT2D eigenvalue weighted by molar-refractivity contribution is 6.74. The first-order valence-electron chi connectivity index (χ1n) is 11.5. The first-order chi connectivity index (χ1) is 15.6. The van der Waals surface area contributed by atoms with Crippen molar-refractivity contribution in [2.75, 3.05) is 13.2 Å². The average Bonchev–Trinajstić information content (AvgIpc) is 3.07. The van der Waals surface area contributed by atoms with Gasteiger partial charge in [-0.25, -0.2) is 0 Å². The second-order valence-corrected chi connectivity index (χ2v) is 15.0. The Morgan fingerprint density at radius 2 is 1.42 bits per heavy atom. The summed E-state index contributed by atoms with van der Waals surface area (Å²) in [6, 6.07) is 19.5. The molecule has 2 N–H and O–H groups in total. The molecule has 1 fully saturated rings. The second kappa shape index (κ2) is 10.8. The van der Waals surface area contributed by atoms with Crippen molar-refractivity contribution in [1.82, 2.24) is 0 Å². The van der Waals surface area contributed by atoms with Crippen LogP contribution >= 0.6 is 0 Å². The van der Waals surface area contributed by atoms with Gasteiger partial charge in [0.15, 0.2) is 8.32 Å². The first-order valence-corrected chi connectivity index (χ1v) is 14.4. The van der Waals surface area contributed by atoms with E-state index in [-0.39, 0.29) is 18.3 Å². The van der Waals surface area contributed by atoms with Crippen molar-refractivity contribution in [2.45, 2.75) is 76.2 Å². The van der Waals surface area contributed by atoms with Crippen LogP contribution < -0.4 is 0 Å². The van der Waals surface area contributed by atoms with E-state index in [1.165, 1.54) is 0 Å². The number of ether oxygens (including phenoxy) is 3. The molecular weight excluding hydrogens is 436 g/mol. The Balaban J connectivity index is 1.80. The van der Waals surface area contributed by atoms with Gasteiger partial charge in [0.25, 0.3) is 0 Å². The molecule has 0 radical (unpaired) electrons. The predicted octanol–water partition coefficient (Wildman–Crippen LogP) is 4.26. The summed E-state index contributed by atoms with van der Waals surface area (Å²) in [5, 5.41) is 21.2. The standard InChI is InChI=1S/C26H38O6Si/c1-25(2,3)33(4,5)31-18-22-23(29-16-20-12-8-6-9-13-20)24(26(28,19-27)32-22)30-17-21-14-10-7-11-15-21/h6-15,22-24,27-28H,16-19H2,1-5H3/t22-,23-,24+,26+/m1/s1. The van der Waals surface area contributed by atoms with Crippen LogP contribution in [-0.4, -0.2) is 55.8 Å². The van der Waals surface area contributed by atoms with Crippen LogP contribution in [0.5, 0.6) is 0 Å². The molecule has 0 saturated carbocycles. The molecule has 0 amide bonds. The minimum atomic E-state index is -2.06. The molecule has 1 saturated heterocycles. The molecule has 0 aliphatic carbocycles. The van der Waals surface area contributed by atoms with E-state index in [4.69, 9.17) is 18.6 Å². The lowest BCUT2D eigenvalue weighted by molar-refractivity contribution is -0.258. The van der Waals surface area contributed by atoms with Crippen molar-refractivity contribution in [3.8, 4) is 0 Å². The van der Waals surface area contributed by atoms with Gasteiger partial charge in [0.2, 0.25) is 5.79 Å². The van der Waals surface area contributed by atoms with E-state index in [1.807, 2.05) is 60.7 Å². The molecule has 6 nitrogen and oxygen atoms in total. The molecule has 1 aliphatic rings. The van der Waals surface area contributed by atoms with E-state index >= 15 is 0 Å². The van der Waals surface area contributed by atoms with Crippen LogP contribution in [0.2, 0.25) is 18.1 Å². The lowest BCUT2D eigenvalue weighted by atomic mass is 10.0. The average molecular weight is 475 g/mol. The van der Waals surface area contributed by atoms with E-state index in [0.717, 1.165) is 11.1 Å². The molecule has 4 atom stereocenters. The zero-order chi connectivity index (χ0) is 24.1. The van der Waals surface area contributed by atoms with Crippen LogP contribution in [0.4, 0.5) is 0 Å². The van der Waals surface area contributed by atoms with Crippen molar-refractivity contribution in [3.05, 3.63) is 71.8 Å². The summed E-state index contributed by atoms with van der Waals surface area (Å²) in [6.45, 7) is 11.1. The molecule has 1 aliphatic heterocycles. The maximum atomic E-state index is 11.1. The minimum Gasteiger partial charge on any atom is -0.414 e.